The van der Waals surface area contributed by atoms with E-state index in [0.29, 0.717) is 13.0 Å². The predicted molar refractivity (Wildman–Crippen MR) is 177 cm³/mol. The third-order valence-electron chi connectivity index (χ3n) is 11.1. The molecule has 0 saturated heterocycles. The van der Waals surface area contributed by atoms with Crippen LogP contribution in [0.5, 0.6) is 0 Å². The topological polar surface area (TPSA) is 81.1 Å². The van der Waals surface area contributed by atoms with Gasteiger partial charge in [0.1, 0.15) is 6.61 Å². The zero-order valence-corrected chi connectivity index (χ0v) is 27.2. The van der Waals surface area contributed by atoms with Gasteiger partial charge in [-0.25, -0.2) is 0 Å². The van der Waals surface area contributed by atoms with Gasteiger partial charge >= 0.3 is 5.97 Å². The molecule has 0 aliphatic heterocycles. The first-order chi connectivity index (χ1) is 21.6. The molecule has 6 unspecified atom stereocenters. The molecule has 4 aliphatic carbocycles. The minimum Gasteiger partial charge on any atom is -0.451 e. The lowest BCUT2D eigenvalue weighted by Crippen LogP contribution is -2.57. The van der Waals surface area contributed by atoms with Crippen LogP contribution in [0, 0.1) is 23.2 Å². The second kappa shape index (κ2) is 12.1. The molecule has 7 heteroatoms. The van der Waals surface area contributed by atoms with Crippen LogP contribution in [0.2, 0.25) is 0 Å². The summed E-state index contributed by atoms with van der Waals surface area (Å²) in [6.45, 7) is 9.92. The van der Waals surface area contributed by atoms with Gasteiger partial charge in [-0.15, -0.1) is 6.58 Å². The van der Waals surface area contributed by atoms with E-state index in [0.717, 1.165) is 49.1 Å². The van der Waals surface area contributed by atoms with Crippen molar-refractivity contribution in [2.45, 2.75) is 77.4 Å². The monoisotopic (exact) mass is 607 g/mol. The van der Waals surface area contributed by atoms with Gasteiger partial charge in [-0.05, 0) is 98.3 Å². The second-order valence-electron chi connectivity index (χ2n) is 13.7. The number of ether oxygens (including phenoxy) is 1. The molecular weight excluding hydrogens is 562 g/mol. The first-order valence-electron chi connectivity index (χ1n) is 16.2. The third-order valence-corrected chi connectivity index (χ3v) is 11.1. The fourth-order valence-corrected chi connectivity index (χ4v) is 9.07. The molecule has 1 aromatic heterocycles. The van der Waals surface area contributed by atoms with Gasteiger partial charge in [0.15, 0.2) is 11.4 Å². The molecule has 7 nitrogen and oxygen atoms in total. The lowest BCUT2D eigenvalue weighted by Gasteiger charge is -2.55. The van der Waals surface area contributed by atoms with E-state index in [4.69, 9.17) is 9.57 Å². The average Bonchev–Trinajstić information content (AvgIpc) is 3.32. The van der Waals surface area contributed by atoms with Crippen LogP contribution in [-0.2, 0) is 25.8 Å². The van der Waals surface area contributed by atoms with Gasteiger partial charge in [-0.1, -0.05) is 41.9 Å². The van der Waals surface area contributed by atoms with Crippen LogP contribution in [-0.4, -0.2) is 42.1 Å². The summed E-state index contributed by atoms with van der Waals surface area (Å²) in [5, 5.41) is 4.54. The fourth-order valence-electron chi connectivity index (χ4n) is 9.07. The summed E-state index contributed by atoms with van der Waals surface area (Å²) < 4.78 is 6.11. The van der Waals surface area contributed by atoms with Crippen LogP contribution in [0.4, 0.5) is 5.69 Å². The number of fused-ring (bicyclic) bond motifs is 4. The van der Waals surface area contributed by atoms with Crippen molar-refractivity contribution >= 4 is 23.2 Å². The van der Waals surface area contributed by atoms with E-state index in [2.05, 4.69) is 79.1 Å². The van der Waals surface area contributed by atoms with Gasteiger partial charge in [-0.2, -0.15) is 0 Å². The van der Waals surface area contributed by atoms with Gasteiger partial charge in [0.05, 0.1) is 5.71 Å². The largest absolute Gasteiger partial charge is 0.451 e. The molecule has 0 bridgehead atoms. The Morgan fingerprint density at radius 1 is 1.16 bits per heavy atom. The molecule has 2 aromatic rings. The predicted octanol–water partition coefficient (Wildman–Crippen LogP) is 7.35. The highest BCUT2D eigenvalue weighted by molar-refractivity contribution is 5.97. The van der Waals surface area contributed by atoms with E-state index in [1.807, 2.05) is 12.1 Å². The quantitative estimate of drug-likeness (QED) is 0.177. The number of aromatic nitrogens is 1. The Balaban J connectivity index is 1.45. The number of allylic oxidation sites excluding steroid dienone is 5. The number of carbonyl (C=O) groups is 2. The summed E-state index contributed by atoms with van der Waals surface area (Å²) in [5.74, 6) is 0.326. The summed E-state index contributed by atoms with van der Waals surface area (Å²) >= 11 is 0. The number of ketones is 1. The fraction of sp³-hybridized carbons (Fsp3) is 0.474. The molecule has 6 atom stereocenters. The van der Waals surface area contributed by atoms with Crippen molar-refractivity contribution in [1.29, 1.82) is 0 Å². The number of nitrogens with zero attached hydrogens (tertiary/aromatic N) is 3. The Kier molecular flexibility index (Phi) is 8.31. The number of anilines is 1. The van der Waals surface area contributed by atoms with Crippen molar-refractivity contribution in [1.82, 2.24) is 4.98 Å². The molecule has 2 saturated carbocycles. The van der Waals surface area contributed by atoms with Gasteiger partial charge in [0.25, 0.3) is 0 Å². The van der Waals surface area contributed by atoms with Gasteiger partial charge in [-0.3, -0.25) is 14.6 Å². The van der Waals surface area contributed by atoms with Crippen LogP contribution in [0.1, 0.15) is 76.3 Å². The van der Waals surface area contributed by atoms with E-state index in [9.17, 15) is 9.59 Å². The minimum absolute atomic E-state index is 0.0398. The summed E-state index contributed by atoms with van der Waals surface area (Å²) in [6, 6.07) is 12.7. The molecule has 1 aromatic carbocycles. The van der Waals surface area contributed by atoms with Crippen molar-refractivity contribution in [3.63, 3.8) is 0 Å². The highest BCUT2D eigenvalue weighted by Gasteiger charge is 2.67. The lowest BCUT2D eigenvalue weighted by molar-refractivity contribution is -0.182. The summed E-state index contributed by atoms with van der Waals surface area (Å²) in [5.41, 5.74) is 6.93. The van der Waals surface area contributed by atoms with Crippen LogP contribution >= 0.6 is 0 Å². The molecule has 0 spiro atoms. The smallest absolute Gasteiger partial charge is 0.303 e. The van der Waals surface area contributed by atoms with Gasteiger partial charge in [0.2, 0.25) is 0 Å². The van der Waals surface area contributed by atoms with Gasteiger partial charge < -0.3 is 14.5 Å². The number of hydrogen-bond donors (Lipinski definition) is 0. The van der Waals surface area contributed by atoms with E-state index in [1.165, 1.54) is 29.2 Å². The number of esters is 1. The number of benzene rings is 1. The number of rotatable bonds is 8. The number of oxime groups is 1. The van der Waals surface area contributed by atoms with Crippen LogP contribution < -0.4 is 4.90 Å². The number of pyridine rings is 1. The highest BCUT2D eigenvalue weighted by atomic mass is 16.6. The minimum atomic E-state index is -1.11. The maximum Gasteiger partial charge on any atom is 0.303 e. The first kappa shape index (κ1) is 31.0. The van der Waals surface area contributed by atoms with Gasteiger partial charge in [0, 0.05) is 61.9 Å². The molecule has 0 N–H and O–H groups in total. The molecular formula is C38H45N3O4. The van der Waals surface area contributed by atoms with Crippen molar-refractivity contribution in [2.75, 3.05) is 19.0 Å². The number of Topliss-reactive ketones (excluding diaryl/α,β-unsaturated/α-hetero) is 1. The van der Waals surface area contributed by atoms with E-state index >= 15 is 0 Å². The summed E-state index contributed by atoms with van der Waals surface area (Å²) in [7, 11) is 4.10. The number of carbonyl (C=O) groups excluding carboxylic acids is 2. The SMILES string of the molecule is C=CC1CC2C(=C3CC/C(=N/OCc4cccnc4)C=C31)C(c1ccc(N(C)C)cc1)CC1(C)C2CCC1(OC(C)=O)C(C)=O. The van der Waals surface area contributed by atoms with E-state index < -0.39 is 11.0 Å². The molecule has 1 heterocycles. The lowest BCUT2D eigenvalue weighted by atomic mass is 9.49. The second-order valence-corrected chi connectivity index (χ2v) is 13.7. The zero-order valence-electron chi connectivity index (χ0n) is 27.2. The normalized spacial score (nSPS) is 31.3. The summed E-state index contributed by atoms with van der Waals surface area (Å²) in [6.07, 6.45) is 12.6. The maximum atomic E-state index is 13.5. The Hall–Kier alpha value is -4.00. The third kappa shape index (κ3) is 5.34. The van der Waals surface area contributed by atoms with Crippen LogP contribution in [0.3, 0.4) is 0 Å². The average molecular weight is 608 g/mol. The Morgan fingerprint density at radius 3 is 2.58 bits per heavy atom. The molecule has 0 radical (unpaired) electrons. The Labute approximate surface area is 267 Å². The zero-order chi connectivity index (χ0) is 31.9. The molecule has 0 amide bonds. The molecule has 2 fully saturated rings. The molecule has 6 rings (SSSR count). The Morgan fingerprint density at radius 2 is 1.93 bits per heavy atom. The van der Waals surface area contributed by atoms with Crippen molar-refractivity contribution < 1.29 is 19.2 Å². The van der Waals surface area contributed by atoms with Crippen molar-refractivity contribution in [2.24, 2.45) is 28.3 Å². The van der Waals surface area contributed by atoms with Crippen molar-refractivity contribution in [3.05, 3.63) is 95.4 Å². The Bertz CT molecular complexity index is 1570. The number of hydrogen-bond acceptors (Lipinski definition) is 7. The summed E-state index contributed by atoms with van der Waals surface area (Å²) in [4.78, 5) is 38.0. The standard InChI is InChI=1S/C38H45N3O4/c1-7-27-19-33-35-16-17-38(24(2)42,45-25(3)43)37(35,4)21-34(28-10-13-30(14-11-28)41(5)6)36(33)31-15-12-29(20-32(27)31)40-44-23-26-9-8-18-39-22-26/h7-11,13-14,18,20,22,27,33-35H,1,12,15-17,19,21,23H2,2-6H3/b40-29-. The molecule has 236 valence electrons. The highest BCUT2D eigenvalue weighted by Crippen LogP contribution is 2.68. The van der Waals surface area contributed by atoms with E-state index in [-0.39, 0.29) is 35.4 Å². The first-order valence-corrected chi connectivity index (χ1v) is 16.2. The van der Waals surface area contributed by atoms with E-state index in [1.54, 1.807) is 19.3 Å². The van der Waals surface area contributed by atoms with Crippen LogP contribution in [0.15, 0.2) is 89.4 Å². The molecule has 45 heavy (non-hydrogen) atoms. The molecule has 4 aliphatic rings. The van der Waals surface area contributed by atoms with Crippen molar-refractivity contribution in [3.8, 4) is 0 Å². The maximum absolute atomic E-state index is 13.5. The van der Waals surface area contributed by atoms with Crippen LogP contribution in [0.25, 0.3) is 0 Å².